The van der Waals surface area contributed by atoms with Crippen LogP contribution in [-0.2, 0) is 12.7 Å². The van der Waals surface area contributed by atoms with Crippen LogP contribution < -0.4 is 5.32 Å². The molecule has 2 heterocycles. The first-order valence-corrected chi connectivity index (χ1v) is 8.76. The number of anilines is 1. The summed E-state index contributed by atoms with van der Waals surface area (Å²) in [6, 6.07) is 4.17. The normalized spacial score (nSPS) is 15.8. The molecule has 1 aliphatic rings. The van der Waals surface area contributed by atoms with Gasteiger partial charge in [0.25, 0.3) is 0 Å². The molecule has 146 valence electrons. The predicted molar refractivity (Wildman–Crippen MR) is 95.4 cm³/mol. The highest BCUT2D eigenvalue weighted by Gasteiger charge is 2.30. The van der Waals surface area contributed by atoms with Crippen LogP contribution in [0.2, 0.25) is 0 Å². The Bertz CT molecular complexity index is 764. The van der Waals surface area contributed by atoms with E-state index in [0.29, 0.717) is 18.8 Å². The molecular weight excluding hydrogens is 359 g/mol. The van der Waals surface area contributed by atoms with Crippen molar-refractivity contribution in [3.05, 3.63) is 48.0 Å². The Morgan fingerprint density at radius 3 is 2.33 bits per heavy atom. The number of aromatic nitrogens is 2. The fraction of sp³-hybridized carbons (Fsp3) is 0.444. The maximum Gasteiger partial charge on any atom is 0.416 e. The van der Waals surface area contributed by atoms with Crippen molar-refractivity contribution in [1.82, 2.24) is 19.4 Å². The van der Waals surface area contributed by atoms with E-state index in [2.05, 4.69) is 19.8 Å². The number of nitrogens with zero attached hydrogens (tertiary/aromatic N) is 4. The number of aryl methyl sites for hydroxylation is 1. The summed E-state index contributed by atoms with van der Waals surface area (Å²) in [5.41, 5.74) is -0.381. The highest BCUT2D eigenvalue weighted by Crippen LogP contribution is 2.29. The Balaban J connectivity index is 1.45. The molecule has 0 atom stereocenters. The molecule has 1 N–H and O–H groups in total. The molecule has 1 saturated heterocycles. The Hall–Kier alpha value is -2.55. The number of imidazole rings is 1. The second-order valence-electron chi connectivity index (χ2n) is 6.50. The molecule has 27 heavy (non-hydrogen) atoms. The van der Waals surface area contributed by atoms with E-state index in [9.17, 15) is 18.0 Å². The highest BCUT2D eigenvalue weighted by atomic mass is 19.4. The van der Waals surface area contributed by atoms with Crippen LogP contribution in [0.3, 0.4) is 0 Å². The van der Waals surface area contributed by atoms with E-state index in [0.717, 1.165) is 44.1 Å². The molecule has 2 aromatic rings. The molecular formula is C18H22F3N5O. The lowest BCUT2D eigenvalue weighted by Gasteiger charge is -2.34. The number of nitrogens with one attached hydrogen (secondary N) is 1. The molecule has 9 heteroatoms. The maximum atomic E-state index is 12.6. The van der Waals surface area contributed by atoms with E-state index < -0.39 is 11.7 Å². The van der Waals surface area contributed by atoms with E-state index in [-0.39, 0.29) is 6.03 Å². The van der Waals surface area contributed by atoms with Gasteiger partial charge in [-0.15, -0.1) is 0 Å². The molecule has 1 aliphatic heterocycles. The number of benzene rings is 1. The number of alkyl halides is 3. The third kappa shape index (κ3) is 5.00. The van der Waals surface area contributed by atoms with Gasteiger partial charge in [-0.1, -0.05) is 0 Å². The van der Waals surface area contributed by atoms with Gasteiger partial charge in [0, 0.05) is 57.3 Å². The summed E-state index contributed by atoms with van der Waals surface area (Å²) >= 11 is 0. The maximum absolute atomic E-state index is 12.6. The second-order valence-corrected chi connectivity index (χ2v) is 6.50. The van der Waals surface area contributed by atoms with Crippen molar-refractivity contribution in [2.75, 3.05) is 38.0 Å². The molecule has 0 bridgehead atoms. The van der Waals surface area contributed by atoms with Gasteiger partial charge >= 0.3 is 12.2 Å². The van der Waals surface area contributed by atoms with Crippen molar-refractivity contribution in [1.29, 1.82) is 0 Å². The lowest BCUT2D eigenvalue weighted by atomic mass is 10.2. The first-order chi connectivity index (χ1) is 12.8. The van der Waals surface area contributed by atoms with Crippen LogP contribution in [0.1, 0.15) is 11.4 Å². The molecule has 6 nitrogen and oxygen atoms in total. The third-order valence-corrected chi connectivity index (χ3v) is 4.70. The van der Waals surface area contributed by atoms with Crippen LogP contribution in [0.25, 0.3) is 0 Å². The lowest BCUT2D eigenvalue weighted by molar-refractivity contribution is -0.137. The summed E-state index contributed by atoms with van der Waals surface area (Å²) < 4.78 is 39.8. The van der Waals surface area contributed by atoms with E-state index >= 15 is 0 Å². The van der Waals surface area contributed by atoms with E-state index in [1.807, 2.05) is 13.1 Å². The number of carbonyl (C=O) groups is 1. The average Bonchev–Trinajstić information content (AvgIpc) is 3.05. The Morgan fingerprint density at radius 1 is 1.11 bits per heavy atom. The molecule has 1 aromatic heterocycles. The quantitative estimate of drug-likeness (QED) is 0.886. The zero-order valence-electron chi connectivity index (χ0n) is 15.0. The van der Waals surface area contributed by atoms with Crippen molar-refractivity contribution in [2.24, 2.45) is 0 Å². The van der Waals surface area contributed by atoms with Crippen molar-refractivity contribution in [3.63, 3.8) is 0 Å². The van der Waals surface area contributed by atoms with Crippen LogP contribution in [0.4, 0.5) is 23.7 Å². The van der Waals surface area contributed by atoms with Crippen LogP contribution in [0, 0.1) is 6.92 Å². The number of piperazine rings is 1. The van der Waals surface area contributed by atoms with Gasteiger partial charge in [0.2, 0.25) is 0 Å². The molecule has 0 aliphatic carbocycles. The van der Waals surface area contributed by atoms with Crippen molar-refractivity contribution in [3.8, 4) is 0 Å². The van der Waals surface area contributed by atoms with Gasteiger partial charge in [-0.3, -0.25) is 4.90 Å². The van der Waals surface area contributed by atoms with Crippen LogP contribution in [0.5, 0.6) is 0 Å². The molecule has 1 fully saturated rings. The fourth-order valence-electron chi connectivity index (χ4n) is 3.01. The predicted octanol–water partition coefficient (Wildman–Crippen LogP) is 3.06. The molecule has 2 amide bonds. The summed E-state index contributed by atoms with van der Waals surface area (Å²) in [6.07, 6.45) is -0.657. The molecule has 0 radical (unpaired) electrons. The molecule has 1 aromatic carbocycles. The highest BCUT2D eigenvalue weighted by molar-refractivity contribution is 5.89. The number of urea groups is 1. The minimum atomic E-state index is -4.38. The lowest BCUT2D eigenvalue weighted by Crippen LogP contribution is -2.50. The van der Waals surface area contributed by atoms with Gasteiger partial charge in [-0.05, 0) is 31.2 Å². The Kier molecular flexibility index (Phi) is 5.69. The fourth-order valence-corrected chi connectivity index (χ4v) is 3.01. The molecule has 0 unspecified atom stereocenters. The molecule has 0 saturated carbocycles. The van der Waals surface area contributed by atoms with Crippen molar-refractivity contribution >= 4 is 11.7 Å². The first kappa shape index (κ1) is 19.2. The summed E-state index contributed by atoms with van der Waals surface area (Å²) in [7, 11) is 0. The van der Waals surface area contributed by atoms with Gasteiger partial charge in [-0.25, -0.2) is 9.78 Å². The summed E-state index contributed by atoms with van der Waals surface area (Å²) in [5, 5.41) is 2.66. The number of hydrogen-bond acceptors (Lipinski definition) is 3. The van der Waals surface area contributed by atoms with Gasteiger partial charge in [-0.2, -0.15) is 13.2 Å². The summed E-state index contributed by atoms with van der Waals surface area (Å²) in [5.74, 6) is 0.976. The average molecular weight is 381 g/mol. The van der Waals surface area contributed by atoms with Crippen LogP contribution in [-0.4, -0.2) is 58.1 Å². The Morgan fingerprint density at radius 2 is 1.78 bits per heavy atom. The minimum absolute atomic E-state index is 0.292. The minimum Gasteiger partial charge on any atom is -0.334 e. The molecule has 0 spiro atoms. The van der Waals surface area contributed by atoms with Gasteiger partial charge in [0.05, 0.1) is 5.56 Å². The van der Waals surface area contributed by atoms with Crippen LogP contribution >= 0.6 is 0 Å². The van der Waals surface area contributed by atoms with E-state index in [4.69, 9.17) is 0 Å². The van der Waals surface area contributed by atoms with E-state index in [1.54, 1.807) is 11.1 Å². The number of carbonyl (C=O) groups excluding carboxylic acids is 1. The number of amides is 2. The summed E-state index contributed by atoms with van der Waals surface area (Å²) in [4.78, 5) is 20.5. The zero-order chi connectivity index (χ0) is 19.4. The number of halogens is 3. The van der Waals surface area contributed by atoms with Gasteiger partial charge in [0.15, 0.2) is 0 Å². The van der Waals surface area contributed by atoms with Crippen molar-refractivity contribution in [2.45, 2.75) is 19.6 Å². The third-order valence-electron chi connectivity index (χ3n) is 4.70. The van der Waals surface area contributed by atoms with Gasteiger partial charge in [0.1, 0.15) is 5.82 Å². The van der Waals surface area contributed by atoms with Crippen LogP contribution in [0.15, 0.2) is 36.7 Å². The standard InChI is InChI=1S/C18H22F3N5O/c1-14-22-6-7-25(14)11-8-24-9-12-26(13-10-24)17(27)23-16-4-2-15(3-5-16)18(19,20)21/h2-7H,8-13H2,1H3,(H,23,27). The smallest absolute Gasteiger partial charge is 0.334 e. The zero-order valence-corrected chi connectivity index (χ0v) is 15.0. The van der Waals surface area contributed by atoms with E-state index in [1.165, 1.54) is 12.1 Å². The first-order valence-electron chi connectivity index (χ1n) is 8.76. The monoisotopic (exact) mass is 381 g/mol. The topological polar surface area (TPSA) is 53.4 Å². The second kappa shape index (κ2) is 7.99. The SMILES string of the molecule is Cc1nccn1CCN1CCN(C(=O)Nc2ccc(C(F)(F)F)cc2)CC1. The number of hydrogen-bond donors (Lipinski definition) is 1. The number of rotatable bonds is 4. The summed E-state index contributed by atoms with van der Waals surface area (Å²) in [6.45, 7) is 6.37. The molecule has 3 rings (SSSR count). The van der Waals surface area contributed by atoms with Crippen molar-refractivity contribution < 1.29 is 18.0 Å². The van der Waals surface area contributed by atoms with Gasteiger partial charge < -0.3 is 14.8 Å². The largest absolute Gasteiger partial charge is 0.416 e. The Labute approximate surface area is 155 Å².